The van der Waals surface area contributed by atoms with Crippen LogP contribution in [0.4, 0.5) is 8.78 Å². The van der Waals surface area contributed by atoms with Gasteiger partial charge in [0.2, 0.25) is 0 Å². The fourth-order valence-electron chi connectivity index (χ4n) is 1.52. The van der Waals surface area contributed by atoms with Crippen molar-refractivity contribution in [2.24, 2.45) is 5.92 Å². The van der Waals surface area contributed by atoms with Gasteiger partial charge < -0.3 is 4.74 Å². The number of carbonyl (C=O) groups is 2. The number of alkyl halides is 2. The van der Waals surface area contributed by atoms with E-state index < -0.39 is 33.9 Å². The molecule has 0 radical (unpaired) electrons. The minimum absolute atomic E-state index is 0.0117. The van der Waals surface area contributed by atoms with Crippen molar-refractivity contribution in [1.82, 2.24) is 0 Å². The highest BCUT2D eigenvalue weighted by Gasteiger charge is 2.46. The van der Waals surface area contributed by atoms with Crippen LogP contribution in [-0.2, 0) is 24.4 Å². The van der Waals surface area contributed by atoms with Crippen molar-refractivity contribution in [3.63, 3.8) is 0 Å². The highest BCUT2D eigenvalue weighted by atomic mass is 32.2. The second-order valence-electron chi connectivity index (χ2n) is 4.03. The van der Waals surface area contributed by atoms with Gasteiger partial charge in [0.25, 0.3) is 0 Å². The number of carbonyl (C=O) groups excluding carboxylic acids is 2. The molecule has 0 atom stereocenters. The molecule has 1 saturated carbocycles. The first-order valence-electron chi connectivity index (χ1n) is 5.16. The van der Waals surface area contributed by atoms with Gasteiger partial charge in [-0.25, -0.2) is 0 Å². The van der Waals surface area contributed by atoms with Gasteiger partial charge in [-0.2, -0.15) is 17.2 Å². The van der Waals surface area contributed by atoms with Gasteiger partial charge in [0.1, 0.15) is 5.78 Å². The Labute approximate surface area is 102 Å². The lowest BCUT2D eigenvalue weighted by Crippen LogP contribution is -2.36. The second kappa shape index (κ2) is 5.27. The Morgan fingerprint density at radius 1 is 1.39 bits per heavy atom. The average molecular weight is 286 g/mol. The molecule has 0 amide bonds. The molecule has 0 aromatic heterocycles. The Morgan fingerprint density at radius 3 is 2.33 bits per heavy atom. The molecule has 1 rings (SSSR count). The normalized spacial score (nSPS) is 18.7. The van der Waals surface area contributed by atoms with Crippen molar-refractivity contribution in [3.05, 3.63) is 0 Å². The van der Waals surface area contributed by atoms with Gasteiger partial charge >= 0.3 is 21.3 Å². The van der Waals surface area contributed by atoms with Crippen molar-refractivity contribution in [1.29, 1.82) is 0 Å². The van der Waals surface area contributed by atoms with Crippen LogP contribution in [0.3, 0.4) is 0 Å². The van der Waals surface area contributed by atoms with Crippen LogP contribution in [0.1, 0.15) is 25.7 Å². The molecule has 0 bridgehead atoms. The topological polar surface area (TPSA) is 97.7 Å². The zero-order chi connectivity index (χ0) is 14.0. The van der Waals surface area contributed by atoms with Gasteiger partial charge in [-0.1, -0.05) is 0 Å². The number of ketones is 1. The van der Waals surface area contributed by atoms with Crippen LogP contribution in [0.5, 0.6) is 0 Å². The maximum Gasteiger partial charge on any atom is 0.402 e. The molecule has 0 aliphatic heterocycles. The number of Topliss-reactive ketones (excluding diaryl/α,β-unsaturated/α-hetero) is 1. The summed E-state index contributed by atoms with van der Waals surface area (Å²) in [4.78, 5) is 22.2. The Kier molecular flexibility index (Phi) is 4.38. The lowest BCUT2D eigenvalue weighted by molar-refractivity contribution is -0.155. The van der Waals surface area contributed by atoms with Crippen LogP contribution in [0.2, 0.25) is 0 Å². The van der Waals surface area contributed by atoms with Gasteiger partial charge in [-0.05, 0) is 12.8 Å². The summed E-state index contributed by atoms with van der Waals surface area (Å²) in [6.45, 7) is -1.73. The maximum absolute atomic E-state index is 12.8. The van der Waals surface area contributed by atoms with E-state index in [1.807, 2.05) is 0 Å². The van der Waals surface area contributed by atoms with Crippen LogP contribution in [0, 0.1) is 5.92 Å². The van der Waals surface area contributed by atoms with E-state index in [2.05, 4.69) is 4.74 Å². The number of hydrogen-bond acceptors (Lipinski definition) is 5. The fourth-order valence-corrected chi connectivity index (χ4v) is 1.73. The molecule has 1 aliphatic rings. The first-order chi connectivity index (χ1) is 8.13. The minimum atomic E-state index is -5.60. The van der Waals surface area contributed by atoms with Crippen LogP contribution < -0.4 is 0 Å². The monoisotopic (exact) mass is 286 g/mol. The number of halogens is 2. The van der Waals surface area contributed by atoms with Crippen molar-refractivity contribution >= 4 is 21.9 Å². The van der Waals surface area contributed by atoms with Crippen molar-refractivity contribution in [3.8, 4) is 0 Å². The summed E-state index contributed by atoms with van der Waals surface area (Å²) in [6.07, 6.45) is 0.757. The first kappa shape index (κ1) is 15.0. The largest absolute Gasteiger partial charge is 0.458 e. The molecule has 6 nitrogen and oxygen atoms in total. The second-order valence-corrected chi connectivity index (χ2v) is 5.58. The minimum Gasteiger partial charge on any atom is -0.458 e. The molecule has 104 valence electrons. The van der Waals surface area contributed by atoms with Gasteiger partial charge in [0, 0.05) is 12.8 Å². The molecule has 0 aromatic rings. The summed E-state index contributed by atoms with van der Waals surface area (Å²) >= 11 is 0. The Balaban J connectivity index is 2.49. The van der Waals surface area contributed by atoms with E-state index in [9.17, 15) is 26.8 Å². The summed E-state index contributed by atoms with van der Waals surface area (Å²) < 4.78 is 58.4. The molecule has 0 heterocycles. The van der Waals surface area contributed by atoms with Crippen molar-refractivity contribution in [2.75, 3.05) is 6.61 Å². The summed E-state index contributed by atoms with van der Waals surface area (Å²) in [5, 5.41) is -4.52. The van der Waals surface area contributed by atoms with E-state index in [1.54, 1.807) is 0 Å². The Morgan fingerprint density at radius 2 is 1.89 bits per heavy atom. The number of esters is 1. The summed E-state index contributed by atoms with van der Waals surface area (Å²) in [5.74, 6) is -1.67. The Bertz CT molecular complexity index is 434. The molecular weight excluding hydrogens is 274 g/mol. The number of rotatable bonds is 4. The molecule has 9 heteroatoms. The standard InChI is InChI=1S/C9H12F2O6S/c10-9(11,18(14,15)16)5-17-8(13)6-1-3-7(12)4-2-6/h6H,1-5H2,(H,14,15,16). The third-order valence-corrected chi connectivity index (χ3v) is 3.51. The zero-order valence-corrected chi connectivity index (χ0v) is 10.1. The zero-order valence-electron chi connectivity index (χ0n) is 9.27. The van der Waals surface area contributed by atoms with E-state index in [4.69, 9.17) is 4.55 Å². The third-order valence-electron chi connectivity index (χ3n) is 2.64. The van der Waals surface area contributed by atoms with Crippen molar-refractivity contribution in [2.45, 2.75) is 30.9 Å². The molecule has 0 aromatic carbocycles. The molecule has 0 unspecified atom stereocenters. The van der Waals surface area contributed by atoms with Crippen LogP contribution in [0.25, 0.3) is 0 Å². The number of ether oxygens (including phenoxy) is 1. The summed E-state index contributed by atoms with van der Waals surface area (Å²) in [7, 11) is -5.60. The fraction of sp³-hybridized carbons (Fsp3) is 0.778. The van der Waals surface area contributed by atoms with Crippen LogP contribution in [-0.4, -0.2) is 36.6 Å². The smallest absolute Gasteiger partial charge is 0.402 e. The SMILES string of the molecule is O=C1CCC(C(=O)OCC(F)(F)S(=O)(=O)O)CC1. The van der Waals surface area contributed by atoms with E-state index in [0.717, 1.165) is 0 Å². The molecule has 0 spiro atoms. The van der Waals surface area contributed by atoms with Gasteiger partial charge in [0.15, 0.2) is 6.61 Å². The lowest BCUT2D eigenvalue weighted by Gasteiger charge is -2.20. The predicted molar refractivity (Wildman–Crippen MR) is 54.4 cm³/mol. The molecule has 18 heavy (non-hydrogen) atoms. The molecule has 1 aliphatic carbocycles. The Hall–Kier alpha value is -1.09. The van der Waals surface area contributed by atoms with Gasteiger partial charge in [-0.15, -0.1) is 0 Å². The number of hydrogen-bond donors (Lipinski definition) is 1. The lowest BCUT2D eigenvalue weighted by atomic mass is 9.88. The van der Waals surface area contributed by atoms with E-state index >= 15 is 0 Å². The van der Waals surface area contributed by atoms with Gasteiger partial charge in [-0.3, -0.25) is 14.1 Å². The quantitative estimate of drug-likeness (QED) is 0.605. The highest BCUT2D eigenvalue weighted by Crippen LogP contribution is 2.25. The van der Waals surface area contributed by atoms with E-state index in [1.165, 1.54) is 0 Å². The summed E-state index contributed by atoms with van der Waals surface area (Å²) in [6, 6.07) is 0. The summed E-state index contributed by atoms with van der Waals surface area (Å²) in [5.41, 5.74) is 0. The van der Waals surface area contributed by atoms with Gasteiger partial charge in [0.05, 0.1) is 5.92 Å². The average Bonchev–Trinajstić information content (AvgIpc) is 2.25. The molecular formula is C9H12F2O6S. The van der Waals surface area contributed by atoms with E-state index in [-0.39, 0.29) is 31.5 Å². The molecule has 1 fully saturated rings. The van der Waals surface area contributed by atoms with Crippen molar-refractivity contribution < 1.29 is 36.1 Å². The maximum atomic E-state index is 12.8. The third kappa shape index (κ3) is 3.70. The van der Waals surface area contributed by atoms with Crippen LogP contribution >= 0.6 is 0 Å². The predicted octanol–water partition coefficient (Wildman–Crippen LogP) is 0.770. The molecule has 1 N–H and O–H groups in total. The van der Waals surface area contributed by atoms with E-state index in [0.29, 0.717) is 0 Å². The van der Waals surface area contributed by atoms with Crippen LogP contribution in [0.15, 0.2) is 0 Å². The highest BCUT2D eigenvalue weighted by molar-refractivity contribution is 7.86. The molecule has 0 saturated heterocycles. The first-order valence-corrected chi connectivity index (χ1v) is 6.60.